The number of nitrogens with zero attached hydrogens (tertiary/aromatic N) is 2. The summed E-state index contributed by atoms with van der Waals surface area (Å²) < 4.78 is 0.749. The number of aromatic amines is 1. The van der Waals surface area contributed by atoms with Crippen LogP contribution in [0, 0.1) is 5.92 Å². The van der Waals surface area contributed by atoms with Crippen molar-refractivity contribution in [2.45, 2.75) is 38.3 Å². The van der Waals surface area contributed by atoms with Gasteiger partial charge in [-0.1, -0.05) is 22.0 Å². The number of nitrogens with one attached hydrogen (secondary N) is 2. The van der Waals surface area contributed by atoms with Crippen LogP contribution >= 0.6 is 15.9 Å². The van der Waals surface area contributed by atoms with E-state index in [9.17, 15) is 19.2 Å². The van der Waals surface area contributed by atoms with Crippen LogP contribution in [0.5, 0.6) is 0 Å². The van der Waals surface area contributed by atoms with Gasteiger partial charge in [-0.05, 0) is 61.1 Å². The van der Waals surface area contributed by atoms with E-state index in [2.05, 4.69) is 26.2 Å². The van der Waals surface area contributed by atoms with Gasteiger partial charge in [-0.25, -0.2) is 0 Å². The van der Waals surface area contributed by atoms with Crippen LogP contribution in [0.2, 0.25) is 0 Å². The van der Waals surface area contributed by atoms with Crippen LogP contribution in [0.25, 0.3) is 10.9 Å². The number of likely N-dealkylation sites (tertiary alicyclic amines) is 1. The topological polar surface area (TPSA) is 103 Å². The Morgan fingerprint density at radius 3 is 2.74 bits per heavy atom. The third-order valence-corrected chi connectivity index (χ3v) is 7.84. The Hall–Kier alpha value is -3.46. The number of pyridine rings is 1. The average Bonchev–Trinajstić information content (AvgIpc) is 3.29. The number of carbonyl (C=O) groups is 3. The van der Waals surface area contributed by atoms with Crippen LogP contribution in [-0.4, -0.2) is 46.2 Å². The minimum atomic E-state index is -0.652. The molecular formula is C26H23BrN4O4. The Kier molecular flexibility index (Phi) is 5.07. The van der Waals surface area contributed by atoms with E-state index in [1.54, 1.807) is 21.9 Å². The summed E-state index contributed by atoms with van der Waals surface area (Å²) in [6, 6.07) is 10.2. The lowest BCUT2D eigenvalue weighted by molar-refractivity contribution is -0.120. The maximum atomic E-state index is 13.5. The van der Waals surface area contributed by atoms with Crippen LogP contribution in [-0.2, 0) is 16.0 Å². The fourth-order valence-corrected chi connectivity index (χ4v) is 5.84. The van der Waals surface area contributed by atoms with Gasteiger partial charge in [-0.15, -0.1) is 0 Å². The highest BCUT2D eigenvalue weighted by Crippen LogP contribution is 2.48. The first-order valence-corrected chi connectivity index (χ1v) is 12.5. The molecule has 0 bridgehead atoms. The van der Waals surface area contributed by atoms with Crippen molar-refractivity contribution in [1.29, 1.82) is 0 Å². The number of aromatic nitrogens is 1. The fourth-order valence-electron chi connectivity index (χ4n) is 5.48. The number of halogens is 1. The molecule has 0 unspecified atom stereocenters. The van der Waals surface area contributed by atoms with Crippen LogP contribution in [0.3, 0.4) is 0 Å². The summed E-state index contributed by atoms with van der Waals surface area (Å²) in [5.41, 5.74) is 2.80. The maximum absolute atomic E-state index is 13.5. The van der Waals surface area contributed by atoms with E-state index in [0.29, 0.717) is 29.6 Å². The van der Waals surface area contributed by atoms with Crippen LogP contribution in [0.1, 0.15) is 35.7 Å². The molecule has 3 atom stereocenters. The lowest BCUT2D eigenvalue weighted by atomic mass is 10.1. The number of benzene rings is 2. The molecule has 2 fully saturated rings. The molecule has 2 aliphatic heterocycles. The minimum Gasteiger partial charge on any atom is -0.360 e. The molecule has 3 aliphatic rings. The summed E-state index contributed by atoms with van der Waals surface area (Å²) in [7, 11) is 0. The van der Waals surface area contributed by atoms with Crippen molar-refractivity contribution in [2.75, 3.05) is 16.8 Å². The Balaban J connectivity index is 1.27. The molecule has 0 radical (unpaired) electrons. The quantitative estimate of drug-likeness (QED) is 0.537. The van der Waals surface area contributed by atoms with Crippen molar-refractivity contribution in [3.63, 3.8) is 0 Å². The summed E-state index contributed by atoms with van der Waals surface area (Å²) in [4.78, 5) is 58.3. The van der Waals surface area contributed by atoms with Gasteiger partial charge in [0.25, 0.3) is 5.91 Å². The van der Waals surface area contributed by atoms with Gasteiger partial charge in [0, 0.05) is 52.5 Å². The fraction of sp³-hybridized carbons (Fsp3) is 0.308. The number of hydrogen-bond acceptors (Lipinski definition) is 4. The molecule has 1 saturated carbocycles. The molecule has 6 rings (SSSR count). The van der Waals surface area contributed by atoms with E-state index in [4.69, 9.17) is 0 Å². The van der Waals surface area contributed by atoms with E-state index < -0.39 is 11.9 Å². The molecule has 0 spiro atoms. The summed E-state index contributed by atoms with van der Waals surface area (Å²) in [5.74, 6) is -0.461. The molecule has 1 aliphatic carbocycles. The van der Waals surface area contributed by atoms with Gasteiger partial charge < -0.3 is 20.1 Å². The second-order valence-electron chi connectivity index (χ2n) is 9.50. The number of anilines is 2. The van der Waals surface area contributed by atoms with Gasteiger partial charge in [0.05, 0.1) is 0 Å². The molecule has 8 nitrogen and oxygen atoms in total. The molecule has 35 heavy (non-hydrogen) atoms. The van der Waals surface area contributed by atoms with E-state index >= 15 is 0 Å². The summed E-state index contributed by atoms with van der Waals surface area (Å²) in [6.45, 7) is 2.16. The number of carbonyl (C=O) groups excluding carboxylic acids is 3. The Bertz CT molecular complexity index is 1480. The van der Waals surface area contributed by atoms with Crippen molar-refractivity contribution in [3.05, 3.63) is 68.4 Å². The Labute approximate surface area is 209 Å². The zero-order chi connectivity index (χ0) is 24.4. The van der Waals surface area contributed by atoms with Gasteiger partial charge in [0.2, 0.25) is 17.2 Å². The molecule has 1 saturated heterocycles. The third-order valence-electron chi connectivity index (χ3n) is 7.34. The number of H-pyrrole nitrogens is 1. The third kappa shape index (κ3) is 3.65. The summed E-state index contributed by atoms with van der Waals surface area (Å²) in [6.07, 6.45) is 3.65. The van der Waals surface area contributed by atoms with E-state index in [-0.39, 0.29) is 34.8 Å². The number of rotatable bonds is 3. The van der Waals surface area contributed by atoms with Crippen LogP contribution in [0.15, 0.2) is 51.9 Å². The van der Waals surface area contributed by atoms with Gasteiger partial charge in [0.1, 0.15) is 11.6 Å². The molecule has 3 amide bonds. The largest absolute Gasteiger partial charge is 0.360 e. The van der Waals surface area contributed by atoms with Crippen molar-refractivity contribution < 1.29 is 14.4 Å². The predicted molar refractivity (Wildman–Crippen MR) is 136 cm³/mol. The van der Waals surface area contributed by atoms with Gasteiger partial charge in [-0.2, -0.15) is 0 Å². The molecule has 2 N–H and O–H groups in total. The standard InChI is InChI=1S/C26H23BrN4O4/c1-13(32)30-7-6-14-2-4-17(11-21(14)30)29-25(34)23-9-15-8-22(15)31(23)26(35)19-12-28-20-5-3-16(27)10-18(20)24(19)33/h2-5,10-12,15,22-23H,6-9H2,1H3,(H,28,33)(H,29,34)/t15-,22-,23-/m0/s1. The SMILES string of the molecule is CC(=O)N1CCc2ccc(NC(=O)[C@@H]3C[C@@H]4C[C@@H]4N3C(=O)c3c[nH]c4ccc(Br)cc4c3=O)cc21. The second-order valence-corrected chi connectivity index (χ2v) is 10.4. The lowest BCUT2D eigenvalue weighted by Gasteiger charge is -2.27. The first kappa shape index (κ1) is 22.0. The van der Waals surface area contributed by atoms with Crippen LogP contribution < -0.4 is 15.6 Å². The molecule has 3 heterocycles. The number of amides is 3. The zero-order valence-corrected chi connectivity index (χ0v) is 20.6. The predicted octanol–water partition coefficient (Wildman–Crippen LogP) is 3.44. The van der Waals surface area contributed by atoms with Crippen molar-refractivity contribution in [2.24, 2.45) is 5.92 Å². The molecule has 2 aromatic carbocycles. The van der Waals surface area contributed by atoms with Crippen molar-refractivity contribution in [3.8, 4) is 0 Å². The molecule has 1 aromatic heterocycles. The minimum absolute atomic E-state index is 0.0240. The highest BCUT2D eigenvalue weighted by Gasteiger charge is 2.56. The Morgan fingerprint density at radius 2 is 1.94 bits per heavy atom. The molecular weight excluding hydrogens is 512 g/mol. The molecule has 9 heteroatoms. The van der Waals surface area contributed by atoms with Crippen molar-refractivity contribution in [1.82, 2.24) is 9.88 Å². The number of hydrogen-bond donors (Lipinski definition) is 2. The summed E-state index contributed by atoms with van der Waals surface area (Å²) >= 11 is 3.38. The maximum Gasteiger partial charge on any atom is 0.260 e. The van der Waals surface area contributed by atoms with Gasteiger partial charge in [-0.3, -0.25) is 19.2 Å². The first-order valence-electron chi connectivity index (χ1n) is 11.7. The monoisotopic (exact) mass is 534 g/mol. The summed E-state index contributed by atoms with van der Waals surface area (Å²) in [5, 5.41) is 3.36. The number of piperidine rings is 1. The van der Waals surface area contributed by atoms with E-state index in [1.807, 2.05) is 24.3 Å². The van der Waals surface area contributed by atoms with Crippen LogP contribution in [0.4, 0.5) is 11.4 Å². The highest BCUT2D eigenvalue weighted by atomic mass is 79.9. The van der Waals surface area contributed by atoms with Gasteiger partial charge in [0.15, 0.2) is 0 Å². The van der Waals surface area contributed by atoms with E-state index in [0.717, 1.165) is 28.6 Å². The second kappa shape index (κ2) is 8.05. The Morgan fingerprint density at radius 1 is 1.11 bits per heavy atom. The van der Waals surface area contributed by atoms with E-state index in [1.165, 1.54) is 13.1 Å². The first-order chi connectivity index (χ1) is 16.8. The molecule has 178 valence electrons. The van der Waals surface area contributed by atoms with Crippen molar-refractivity contribution >= 4 is 55.9 Å². The smallest absolute Gasteiger partial charge is 0.260 e. The zero-order valence-electron chi connectivity index (χ0n) is 19.0. The lowest BCUT2D eigenvalue weighted by Crippen LogP contribution is -2.46. The highest BCUT2D eigenvalue weighted by molar-refractivity contribution is 9.10. The molecule has 3 aromatic rings. The average molecular weight is 535 g/mol. The van der Waals surface area contributed by atoms with Gasteiger partial charge >= 0.3 is 0 Å². The number of fused-ring (bicyclic) bond motifs is 3. The normalized spacial score (nSPS) is 22.2.